The molecule has 0 aliphatic heterocycles. The predicted molar refractivity (Wildman–Crippen MR) is 71.0 cm³/mol. The Balaban J connectivity index is 2.17. The topological polar surface area (TPSA) is 96.8 Å². The molecule has 0 aliphatic rings. The Bertz CT molecular complexity index is 594. The molecule has 1 aromatic heterocycles. The van der Waals surface area contributed by atoms with Crippen LogP contribution in [0.1, 0.15) is 5.69 Å². The summed E-state index contributed by atoms with van der Waals surface area (Å²) in [5.41, 5.74) is 6.40. The molecule has 0 amide bonds. The monoisotopic (exact) mass is 255 g/mol. The molecule has 6 heteroatoms. The van der Waals surface area contributed by atoms with Gasteiger partial charge in [0, 0.05) is 30.7 Å². The van der Waals surface area contributed by atoms with E-state index in [0.29, 0.717) is 24.7 Å². The zero-order valence-electron chi connectivity index (χ0n) is 10.2. The van der Waals surface area contributed by atoms with E-state index in [1.807, 2.05) is 30.3 Å². The van der Waals surface area contributed by atoms with E-state index in [-0.39, 0.29) is 5.69 Å². The van der Waals surface area contributed by atoms with Gasteiger partial charge < -0.3 is 15.8 Å². The van der Waals surface area contributed by atoms with Crippen molar-refractivity contribution in [3.8, 4) is 11.8 Å². The molecule has 1 heterocycles. The van der Waals surface area contributed by atoms with Crippen LogP contribution in [0.3, 0.4) is 0 Å². The highest BCUT2D eigenvalue weighted by Gasteiger charge is 2.04. The van der Waals surface area contributed by atoms with E-state index in [9.17, 15) is 0 Å². The van der Waals surface area contributed by atoms with Gasteiger partial charge in [0.2, 0.25) is 0 Å². The van der Waals surface area contributed by atoms with Gasteiger partial charge in [-0.15, -0.1) is 0 Å². The fourth-order valence-corrected chi connectivity index (χ4v) is 1.49. The maximum Gasteiger partial charge on any atom is 0.183 e. The Morgan fingerprint density at radius 1 is 1.32 bits per heavy atom. The van der Waals surface area contributed by atoms with Crippen molar-refractivity contribution >= 4 is 11.5 Å². The Morgan fingerprint density at radius 3 is 2.95 bits per heavy atom. The molecule has 6 nitrogen and oxygen atoms in total. The quantitative estimate of drug-likeness (QED) is 0.838. The maximum atomic E-state index is 8.94. The van der Waals surface area contributed by atoms with Crippen molar-refractivity contribution in [3.63, 3.8) is 0 Å². The molecule has 0 spiro atoms. The molecule has 96 valence electrons. The van der Waals surface area contributed by atoms with Crippen LogP contribution in [0.15, 0.2) is 36.7 Å². The van der Waals surface area contributed by atoms with Crippen molar-refractivity contribution in [2.24, 2.45) is 5.73 Å². The molecule has 0 aliphatic carbocycles. The molecule has 0 saturated carbocycles. The van der Waals surface area contributed by atoms with Crippen molar-refractivity contribution < 1.29 is 4.74 Å². The van der Waals surface area contributed by atoms with Gasteiger partial charge in [0.25, 0.3) is 0 Å². The lowest BCUT2D eigenvalue weighted by atomic mass is 10.3. The third-order valence-electron chi connectivity index (χ3n) is 2.29. The first-order valence-electron chi connectivity index (χ1n) is 5.74. The summed E-state index contributed by atoms with van der Waals surface area (Å²) in [7, 11) is 0. The van der Waals surface area contributed by atoms with Crippen LogP contribution < -0.4 is 15.8 Å². The molecule has 1 aromatic carbocycles. The summed E-state index contributed by atoms with van der Waals surface area (Å²) < 4.78 is 5.42. The molecule has 0 radical (unpaired) electrons. The van der Waals surface area contributed by atoms with Gasteiger partial charge in [-0.2, -0.15) is 5.26 Å². The third kappa shape index (κ3) is 3.40. The van der Waals surface area contributed by atoms with Gasteiger partial charge in [-0.1, -0.05) is 6.07 Å². The Morgan fingerprint density at radius 2 is 2.16 bits per heavy atom. The van der Waals surface area contributed by atoms with Crippen LogP contribution in [0.5, 0.6) is 5.75 Å². The summed E-state index contributed by atoms with van der Waals surface area (Å²) in [4.78, 5) is 8.01. The minimum absolute atomic E-state index is 0.246. The number of anilines is 2. The van der Waals surface area contributed by atoms with Gasteiger partial charge in [-0.05, 0) is 12.1 Å². The number of rotatable bonds is 5. The van der Waals surface area contributed by atoms with Crippen LogP contribution in [0.2, 0.25) is 0 Å². The van der Waals surface area contributed by atoms with Crippen LogP contribution in [0, 0.1) is 11.3 Å². The summed E-state index contributed by atoms with van der Waals surface area (Å²) >= 11 is 0. The molecule has 3 N–H and O–H groups in total. The zero-order valence-corrected chi connectivity index (χ0v) is 10.2. The van der Waals surface area contributed by atoms with Gasteiger partial charge in [0.1, 0.15) is 18.4 Å². The normalized spacial score (nSPS) is 9.68. The smallest absolute Gasteiger partial charge is 0.183 e. The second-order valence-corrected chi connectivity index (χ2v) is 3.66. The molecule has 19 heavy (non-hydrogen) atoms. The van der Waals surface area contributed by atoms with E-state index in [0.717, 1.165) is 5.69 Å². The summed E-state index contributed by atoms with van der Waals surface area (Å²) in [6.07, 6.45) is 3.00. The number of hydrogen-bond acceptors (Lipinski definition) is 6. The van der Waals surface area contributed by atoms with E-state index < -0.39 is 0 Å². The second kappa shape index (κ2) is 6.33. The first-order valence-corrected chi connectivity index (χ1v) is 5.74. The van der Waals surface area contributed by atoms with E-state index >= 15 is 0 Å². The number of nitriles is 1. The fraction of sp³-hybridized carbons (Fsp3) is 0.154. The van der Waals surface area contributed by atoms with E-state index in [4.69, 9.17) is 15.7 Å². The van der Waals surface area contributed by atoms with E-state index in [1.165, 1.54) is 12.4 Å². The van der Waals surface area contributed by atoms with Crippen LogP contribution in [0.25, 0.3) is 0 Å². The highest BCUT2D eigenvalue weighted by Crippen LogP contribution is 2.21. The zero-order chi connectivity index (χ0) is 13.5. The van der Waals surface area contributed by atoms with Gasteiger partial charge in [0.15, 0.2) is 11.5 Å². The fourth-order valence-electron chi connectivity index (χ4n) is 1.49. The number of benzene rings is 1. The molecule has 0 unspecified atom stereocenters. The summed E-state index contributed by atoms with van der Waals surface area (Å²) in [5.74, 6) is 1.12. The van der Waals surface area contributed by atoms with Crippen molar-refractivity contribution in [2.75, 3.05) is 18.5 Å². The SMILES string of the molecule is N#Cc1nccnc1Nc1cccc(OCCN)c1. The first-order chi connectivity index (χ1) is 9.33. The average Bonchev–Trinajstić information content (AvgIpc) is 2.46. The second-order valence-electron chi connectivity index (χ2n) is 3.66. The predicted octanol–water partition coefficient (Wildman–Crippen LogP) is 1.43. The summed E-state index contributed by atoms with van der Waals surface area (Å²) in [5, 5.41) is 12.0. The van der Waals surface area contributed by atoms with Crippen molar-refractivity contribution in [3.05, 3.63) is 42.4 Å². The molecular weight excluding hydrogens is 242 g/mol. The van der Waals surface area contributed by atoms with Crippen LogP contribution >= 0.6 is 0 Å². The molecule has 0 bridgehead atoms. The van der Waals surface area contributed by atoms with Crippen molar-refractivity contribution in [2.45, 2.75) is 0 Å². The largest absolute Gasteiger partial charge is 0.492 e. The molecule has 0 fully saturated rings. The number of aromatic nitrogens is 2. The first kappa shape index (κ1) is 12.8. The molecule has 0 atom stereocenters. The lowest BCUT2D eigenvalue weighted by Gasteiger charge is -2.09. The average molecular weight is 255 g/mol. The molecule has 2 aromatic rings. The number of nitrogens with two attached hydrogens (primary N) is 1. The molecule has 0 saturated heterocycles. The minimum atomic E-state index is 0.246. The van der Waals surface area contributed by atoms with Gasteiger partial charge >= 0.3 is 0 Å². The van der Waals surface area contributed by atoms with Gasteiger partial charge in [0.05, 0.1) is 0 Å². The molecular formula is C13H13N5O. The highest BCUT2D eigenvalue weighted by atomic mass is 16.5. The molecule has 2 rings (SSSR count). The van der Waals surface area contributed by atoms with Gasteiger partial charge in [-0.3, -0.25) is 0 Å². The van der Waals surface area contributed by atoms with E-state index in [1.54, 1.807) is 0 Å². The van der Waals surface area contributed by atoms with Crippen molar-refractivity contribution in [1.29, 1.82) is 5.26 Å². The number of ether oxygens (including phenoxy) is 1. The Labute approximate surface area is 110 Å². The number of nitrogens with one attached hydrogen (secondary N) is 1. The minimum Gasteiger partial charge on any atom is -0.492 e. The van der Waals surface area contributed by atoms with Crippen LogP contribution in [0.4, 0.5) is 11.5 Å². The highest BCUT2D eigenvalue weighted by molar-refractivity contribution is 5.61. The number of hydrogen-bond donors (Lipinski definition) is 2. The van der Waals surface area contributed by atoms with Crippen LogP contribution in [-0.4, -0.2) is 23.1 Å². The number of nitrogens with zero attached hydrogens (tertiary/aromatic N) is 3. The lowest BCUT2D eigenvalue weighted by Crippen LogP contribution is -2.10. The third-order valence-corrected chi connectivity index (χ3v) is 2.29. The summed E-state index contributed by atoms with van der Waals surface area (Å²) in [6.45, 7) is 0.915. The lowest BCUT2D eigenvalue weighted by molar-refractivity contribution is 0.328. The standard InChI is InChI=1S/C13H13N5O/c14-4-7-19-11-3-1-2-10(8-11)18-13-12(9-15)16-5-6-17-13/h1-3,5-6,8H,4,7,14H2,(H,17,18). The van der Waals surface area contributed by atoms with E-state index in [2.05, 4.69) is 15.3 Å². The summed E-state index contributed by atoms with van der Waals surface area (Å²) in [6, 6.07) is 9.32. The van der Waals surface area contributed by atoms with Crippen molar-refractivity contribution in [1.82, 2.24) is 9.97 Å². The maximum absolute atomic E-state index is 8.94. The van der Waals surface area contributed by atoms with Gasteiger partial charge in [-0.25, -0.2) is 9.97 Å². The van der Waals surface area contributed by atoms with Crippen LogP contribution in [-0.2, 0) is 0 Å². The Hall–Kier alpha value is -2.65. The Kier molecular flexibility index (Phi) is 4.26.